The Morgan fingerprint density at radius 2 is 1.50 bits per heavy atom. The molecule has 6 rings (SSSR count). The zero-order valence-electron chi connectivity index (χ0n) is 31.7. The third-order valence-corrected chi connectivity index (χ3v) is 17.2. The summed E-state index contributed by atoms with van der Waals surface area (Å²) in [5.74, 6) is 1.78. The molecule has 4 aromatic carbocycles. The van der Waals surface area contributed by atoms with Crippen molar-refractivity contribution in [2.75, 3.05) is 13.3 Å². The molecule has 0 fully saturated rings. The van der Waals surface area contributed by atoms with E-state index >= 15 is 0 Å². The molecule has 1 aromatic heterocycles. The Labute approximate surface area is 319 Å². The van der Waals surface area contributed by atoms with Crippen LogP contribution in [0.25, 0.3) is 22.4 Å². The summed E-state index contributed by atoms with van der Waals surface area (Å²) in [4.78, 5) is 17.7. The second kappa shape index (κ2) is 16.0. The van der Waals surface area contributed by atoms with Crippen LogP contribution in [0.2, 0.25) is 5.04 Å². The molecule has 0 bridgehead atoms. The highest BCUT2D eigenvalue weighted by Gasteiger charge is 2.52. The van der Waals surface area contributed by atoms with Crippen molar-refractivity contribution in [3.05, 3.63) is 137 Å². The number of carboxylic acids is 1. The average molecular weight is 760 g/mol. The van der Waals surface area contributed by atoms with Crippen molar-refractivity contribution in [3.8, 4) is 34.0 Å². The van der Waals surface area contributed by atoms with Gasteiger partial charge in [-0.05, 0) is 68.7 Å². The topological polar surface area (TPSA) is 85.7 Å². The van der Waals surface area contributed by atoms with Gasteiger partial charge in [0.25, 0.3) is 15.7 Å². The van der Waals surface area contributed by atoms with Gasteiger partial charge >= 0.3 is 5.97 Å². The van der Waals surface area contributed by atoms with E-state index in [4.69, 9.17) is 13.9 Å². The number of hydrogen-bond donors (Lipinski definition) is 1. The third kappa shape index (κ3) is 7.92. The van der Waals surface area contributed by atoms with Gasteiger partial charge in [0.05, 0.1) is 35.6 Å². The third-order valence-electron chi connectivity index (χ3n) is 10.2. The number of nitrogens with zero attached hydrogens (tertiary/aromatic N) is 1. The second-order valence-corrected chi connectivity index (χ2v) is 21.7. The molecule has 278 valence electrons. The van der Waals surface area contributed by atoms with Gasteiger partial charge in [-0.1, -0.05) is 138 Å². The molecule has 54 heavy (non-hydrogen) atoms. The number of pyridine rings is 1. The van der Waals surface area contributed by atoms with Crippen LogP contribution >= 0.6 is 7.37 Å². The molecule has 0 aliphatic heterocycles. The van der Waals surface area contributed by atoms with Crippen LogP contribution in [0.15, 0.2) is 109 Å². The van der Waals surface area contributed by atoms with Crippen molar-refractivity contribution in [1.29, 1.82) is 0 Å². The van der Waals surface area contributed by atoms with E-state index in [1.54, 1.807) is 12.1 Å². The molecular formula is C45H47FNO5PSi. The normalized spacial score (nSPS) is 14.3. The van der Waals surface area contributed by atoms with Crippen LogP contribution in [-0.4, -0.2) is 43.8 Å². The fourth-order valence-corrected chi connectivity index (χ4v) is 13.8. The predicted octanol–water partition coefficient (Wildman–Crippen LogP) is 9.43. The van der Waals surface area contributed by atoms with Gasteiger partial charge in [-0.3, -0.25) is 14.3 Å². The lowest BCUT2D eigenvalue weighted by atomic mass is 9.81. The van der Waals surface area contributed by atoms with Crippen molar-refractivity contribution >= 4 is 32.0 Å². The molecule has 1 N–H and O–H groups in total. The Balaban J connectivity index is 1.50. The maximum Gasteiger partial charge on any atom is 0.305 e. The van der Waals surface area contributed by atoms with E-state index in [2.05, 4.69) is 44.5 Å². The van der Waals surface area contributed by atoms with Crippen molar-refractivity contribution in [1.82, 2.24) is 4.98 Å². The minimum absolute atomic E-state index is 0.0620. The van der Waals surface area contributed by atoms with E-state index in [1.165, 1.54) is 24.8 Å². The van der Waals surface area contributed by atoms with Crippen molar-refractivity contribution in [2.45, 2.75) is 70.9 Å². The molecule has 0 saturated carbocycles. The standard InChI is InChI=1S/C45H47FNO5PSi/c1-31(2)43-40(42(33-21-24-34(46)25-22-33)39-26-23-32-15-13-14-20-38(32)44(39)47-43)27-28-53(50,51-6)30-35(29-41(48)49)52-54(45(3,4)5,36-16-9-7-10-17-36)37-18-11-8-12-19-37/h7-22,24-25,31,35H,23,26,29-30H2,1-6H3,(H,48,49). The molecule has 2 unspecified atom stereocenters. The highest BCUT2D eigenvalue weighted by Crippen LogP contribution is 2.49. The highest BCUT2D eigenvalue weighted by molar-refractivity contribution is 7.64. The van der Waals surface area contributed by atoms with Crippen molar-refractivity contribution in [3.63, 3.8) is 0 Å². The predicted molar refractivity (Wildman–Crippen MR) is 218 cm³/mol. The number of carboxylic acid groups (broad SMARTS) is 1. The van der Waals surface area contributed by atoms with E-state index in [0.717, 1.165) is 50.4 Å². The van der Waals surface area contributed by atoms with Gasteiger partial charge in [-0.15, -0.1) is 0 Å². The van der Waals surface area contributed by atoms with Crippen molar-refractivity contribution in [2.24, 2.45) is 0 Å². The summed E-state index contributed by atoms with van der Waals surface area (Å²) in [6, 6.07) is 34.5. The Morgan fingerprint density at radius 1 is 0.907 bits per heavy atom. The number of aromatic nitrogens is 1. The lowest BCUT2D eigenvalue weighted by Gasteiger charge is -2.45. The van der Waals surface area contributed by atoms with E-state index < -0.39 is 39.2 Å². The molecule has 1 heterocycles. The lowest BCUT2D eigenvalue weighted by Crippen LogP contribution is -2.68. The number of fused-ring (bicyclic) bond motifs is 3. The first-order valence-corrected chi connectivity index (χ1v) is 22.1. The van der Waals surface area contributed by atoms with E-state index in [9.17, 15) is 18.9 Å². The van der Waals surface area contributed by atoms with Gasteiger partial charge < -0.3 is 14.1 Å². The van der Waals surface area contributed by atoms with Crippen LogP contribution in [-0.2, 0) is 31.2 Å². The molecule has 0 radical (unpaired) electrons. The summed E-state index contributed by atoms with van der Waals surface area (Å²) in [5.41, 5.74) is 10.1. The van der Waals surface area contributed by atoms with Gasteiger partial charge in [-0.2, -0.15) is 0 Å². The summed E-state index contributed by atoms with van der Waals surface area (Å²) >= 11 is 0. The Kier molecular flexibility index (Phi) is 11.6. The summed E-state index contributed by atoms with van der Waals surface area (Å²) in [6.45, 7) is 10.4. The molecule has 0 amide bonds. The minimum Gasteiger partial charge on any atom is -0.481 e. The molecule has 2 atom stereocenters. The van der Waals surface area contributed by atoms with Gasteiger partial charge in [-0.25, -0.2) is 4.39 Å². The van der Waals surface area contributed by atoms with Crippen LogP contribution in [0.3, 0.4) is 0 Å². The number of carbonyl (C=O) groups is 1. The molecule has 1 aliphatic rings. The monoisotopic (exact) mass is 759 g/mol. The van der Waals surface area contributed by atoms with Gasteiger partial charge in [0.15, 0.2) is 0 Å². The fourth-order valence-electron chi connectivity index (χ4n) is 7.67. The number of benzene rings is 4. The van der Waals surface area contributed by atoms with Crippen LogP contribution in [0.5, 0.6) is 0 Å². The zero-order chi connectivity index (χ0) is 38.7. The molecule has 9 heteroatoms. The Bertz CT molecular complexity index is 2200. The summed E-state index contributed by atoms with van der Waals surface area (Å²) in [5, 5.41) is 11.7. The summed E-state index contributed by atoms with van der Waals surface area (Å²) in [6.07, 6.45) is -0.110. The quantitative estimate of drug-likeness (QED) is 0.0821. The highest BCUT2D eigenvalue weighted by atomic mass is 31.2. The van der Waals surface area contributed by atoms with Crippen molar-refractivity contribution < 1.29 is 27.8 Å². The average Bonchev–Trinajstić information content (AvgIpc) is 3.15. The van der Waals surface area contributed by atoms with Crippen LogP contribution in [0, 0.1) is 17.4 Å². The molecule has 1 aliphatic carbocycles. The molecule has 6 nitrogen and oxygen atoms in total. The van der Waals surface area contributed by atoms with Gasteiger partial charge in [0.2, 0.25) is 0 Å². The smallest absolute Gasteiger partial charge is 0.305 e. The number of hydrogen-bond acceptors (Lipinski definition) is 5. The van der Waals surface area contributed by atoms with Gasteiger partial charge in [0, 0.05) is 18.2 Å². The number of aryl methyl sites for hydroxylation is 1. The SMILES string of the molecule is COP(=O)(C#Cc1c(C(C)C)nc2c(c1-c1ccc(F)cc1)CCc1ccccc1-2)CC(CC(=O)O)O[Si](c1ccccc1)(c1ccccc1)C(C)(C)C. The number of halogens is 1. The molecule has 0 saturated heterocycles. The largest absolute Gasteiger partial charge is 0.481 e. The maximum absolute atomic E-state index is 14.9. The van der Waals surface area contributed by atoms with E-state index in [0.29, 0.717) is 12.0 Å². The minimum atomic E-state index is -3.87. The second-order valence-electron chi connectivity index (χ2n) is 15.2. The van der Waals surface area contributed by atoms with Crippen LogP contribution in [0.4, 0.5) is 4.39 Å². The number of aliphatic carboxylic acids is 1. The molecule has 5 aromatic rings. The van der Waals surface area contributed by atoms with E-state index in [1.807, 2.05) is 86.6 Å². The number of rotatable bonds is 11. The molecule has 0 spiro atoms. The first-order valence-electron chi connectivity index (χ1n) is 18.4. The Morgan fingerprint density at radius 3 is 2.06 bits per heavy atom. The van der Waals surface area contributed by atoms with Gasteiger partial charge in [0.1, 0.15) is 5.82 Å². The lowest BCUT2D eigenvalue weighted by molar-refractivity contribution is -0.138. The summed E-state index contributed by atoms with van der Waals surface area (Å²) < 4.78 is 42.1. The first kappa shape index (κ1) is 39.1. The maximum atomic E-state index is 14.9. The van der Waals surface area contributed by atoms with Crippen LogP contribution < -0.4 is 10.4 Å². The van der Waals surface area contributed by atoms with E-state index in [-0.39, 0.29) is 17.9 Å². The van der Waals surface area contributed by atoms with Crippen LogP contribution in [0.1, 0.15) is 69.3 Å². The first-order chi connectivity index (χ1) is 25.8. The Hall–Kier alpha value is -4.64. The zero-order valence-corrected chi connectivity index (χ0v) is 33.6. The fraction of sp³-hybridized carbons (Fsp3) is 0.289. The summed E-state index contributed by atoms with van der Waals surface area (Å²) in [7, 11) is -5.75. The molecular weight excluding hydrogens is 713 g/mol.